The maximum Gasteiger partial charge on any atom is 0.321 e. The molecular formula is C20H23NO4S. The fraction of sp³-hybridized carbons (Fsp3) is 0.350. The number of aryl methyl sites for hydroxylation is 2. The first-order chi connectivity index (χ1) is 12.5. The Hall–Kier alpha value is -2.18. The minimum atomic E-state index is -0.802. The average Bonchev–Trinajstić information content (AvgIpc) is 3.09. The lowest BCUT2D eigenvalue weighted by molar-refractivity contribution is -0.138. The summed E-state index contributed by atoms with van der Waals surface area (Å²) in [6.45, 7) is 5.04. The number of ether oxygens (including phenoxy) is 2. The Morgan fingerprint density at radius 2 is 1.69 bits per heavy atom. The monoisotopic (exact) mass is 373 g/mol. The number of carbonyl (C=O) groups is 1. The molecule has 1 saturated heterocycles. The molecule has 2 aromatic carbocycles. The molecule has 0 bridgehead atoms. The number of aliphatic carboxylic acids is 1. The quantitative estimate of drug-likeness (QED) is 0.724. The van der Waals surface area contributed by atoms with Gasteiger partial charge >= 0.3 is 5.97 Å². The van der Waals surface area contributed by atoms with Gasteiger partial charge in [-0.25, -0.2) is 0 Å². The molecule has 26 heavy (non-hydrogen) atoms. The number of nitrogens with one attached hydrogen (secondary N) is 1. The van der Waals surface area contributed by atoms with Gasteiger partial charge < -0.3 is 14.6 Å². The summed E-state index contributed by atoms with van der Waals surface area (Å²) in [5, 5.41) is 12.2. The van der Waals surface area contributed by atoms with E-state index in [1.54, 1.807) is 11.8 Å². The van der Waals surface area contributed by atoms with Crippen molar-refractivity contribution in [3.05, 3.63) is 59.2 Å². The zero-order valence-electron chi connectivity index (χ0n) is 14.9. The van der Waals surface area contributed by atoms with Crippen molar-refractivity contribution in [3.8, 4) is 11.5 Å². The molecule has 2 atom stereocenters. The highest BCUT2D eigenvalue weighted by molar-refractivity contribution is 7.99. The normalized spacial score (nSPS) is 19.3. The number of thioether (sulfide) groups is 1. The van der Waals surface area contributed by atoms with Gasteiger partial charge in [0.05, 0.1) is 5.37 Å². The first-order valence-electron chi connectivity index (χ1n) is 8.55. The van der Waals surface area contributed by atoms with E-state index < -0.39 is 12.0 Å². The van der Waals surface area contributed by atoms with Crippen molar-refractivity contribution in [2.45, 2.75) is 25.3 Å². The number of hydrogen-bond donors (Lipinski definition) is 2. The molecule has 3 rings (SSSR count). The van der Waals surface area contributed by atoms with E-state index in [0.717, 1.165) is 17.1 Å². The van der Waals surface area contributed by atoms with Crippen LogP contribution in [0.5, 0.6) is 11.5 Å². The van der Waals surface area contributed by atoms with Gasteiger partial charge in [-0.05, 0) is 54.8 Å². The summed E-state index contributed by atoms with van der Waals surface area (Å²) >= 11 is 1.61. The number of carboxylic acids is 1. The van der Waals surface area contributed by atoms with E-state index in [2.05, 4.69) is 11.4 Å². The van der Waals surface area contributed by atoms with Crippen molar-refractivity contribution in [2.24, 2.45) is 0 Å². The van der Waals surface area contributed by atoms with Crippen LogP contribution in [0.4, 0.5) is 0 Å². The molecule has 1 aliphatic rings. The van der Waals surface area contributed by atoms with Crippen LogP contribution in [0.3, 0.4) is 0 Å². The number of benzene rings is 2. The summed E-state index contributed by atoms with van der Waals surface area (Å²) in [4.78, 5) is 11.0. The van der Waals surface area contributed by atoms with E-state index in [9.17, 15) is 4.79 Å². The smallest absolute Gasteiger partial charge is 0.321 e. The Morgan fingerprint density at radius 3 is 2.27 bits per heavy atom. The largest absolute Gasteiger partial charge is 0.490 e. The van der Waals surface area contributed by atoms with Crippen LogP contribution in [-0.4, -0.2) is 36.1 Å². The predicted molar refractivity (Wildman–Crippen MR) is 103 cm³/mol. The predicted octanol–water partition coefficient (Wildman–Crippen LogP) is 3.55. The van der Waals surface area contributed by atoms with Crippen LogP contribution in [0.25, 0.3) is 0 Å². The maximum absolute atomic E-state index is 11.0. The van der Waals surface area contributed by atoms with E-state index in [-0.39, 0.29) is 5.37 Å². The maximum atomic E-state index is 11.0. The van der Waals surface area contributed by atoms with Gasteiger partial charge in [0.1, 0.15) is 30.8 Å². The Balaban J connectivity index is 1.45. The third-order valence-electron chi connectivity index (χ3n) is 4.08. The zero-order chi connectivity index (χ0) is 18.5. The Bertz CT molecular complexity index is 743. The van der Waals surface area contributed by atoms with Crippen LogP contribution < -0.4 is 14.8 Å². The van der Waals surface area contributed by atoms with Gasteiger partial charge in [0.2, 0.25) is 0 Å². The molecule has 0 radical (unpaired) electrons. The molecule has 1 fully saturated rings. The van der Waals surface area contributed by atoms with E-state index in [4.69, 9.17) is 14.6 Å². The van der Waals surface area contributed by atoms with Gasteiger partial charge in [-0.15, -0.1) is 11.8 Å². The summed E-state index contributed by atoms with van der Waals surface area (Å²) in [6, 6.07) is 13.4. The van der Waals surface area contributed by atoms with Crippen LogP contribution >= 0.6 is 11.8 Å². The molecule has 1 aliphatic heterocycles. The van der Waals surface area contributed by atoms with Crippen molar-refractivity contribution in [3.63, 3.8) is 0 Å². The zero-order valence-corrected chi connectivity index (χ0v) is 15.7. The molecule has 0 aliphatic carbocycles. The van der Waals surface area contributed by atoms with Crippen LogP contribution in [-0.2, 0) is 4.79 Å². The molecular weight excluding hydrogens is 350 g/mol. The second-order valence-corrected chi connectivity index (χ2v) is 7.50. The molecule has 2 unspecified atom stereocenters. The highest BCUT2D eigenvalue weighted by Crippen LogP contribution is 2.33. The average molecular weight is 373 g/mol. The molecule has 5 nitrogen and oxygen atoms in total. The van der Waals surface area contributed by atoms with Crippen LogP contribution in [0.1, 0.15) is 22.1 Å². The van der Waals surface area contributed by atoms with Gasteiger partial charge in [-0.3, -0.25) is 10.1 Å². The topological polar surface area (TPSA) is 67.8 Å². The minimum Gasteiger partial charge on any atom is -0.490 e. The molecule has 2 aromatic rings. The fourth-order valence-corrected chi connectivity index (χ4v) is 4.11. The van der Waals surface area contributed by atoms with Gasteiger partial charge in [-0.2, -0.15) is 0 Å². The van der Waals surface area contributed by atoms with Crippen molar-refractivity contribution < 1.29 is 19.4 Å². The van der Waals surface area contributed by atoms with Crippen LogP contribution in [0.2, 0.25) is 0 Å². The Morgan fingerprint density at radius 1 is 1.08 bits per heavy atom. The number of hydrogen-bond acceptors (Lipinski definition) is 5. The third-order valence-corrected chi connectivity index (χ3v) is 5.35. The SMILES string of the molecule is Cc1cc(C)cc(OCCOc2ccc(C3NC(C(=O)O)CS3)cc2)c1. The minimum absolute atomic E-state index is 0.0121. The molecule has 0 amide bonds. The van der Waals surface area contributed by atoms with Gasteiger partial charge in [-0.1, -0.05) is 18.2 Å². The van der Waals surface area contributed by atoms with Crippen molar-refractivity contribution in [2.75, 3.05) is 19.0 Å². The van der Waals surface area contributed by atoms with Gasteiger partial charge in [0, 0.05) is 5.75 Å². The molecule has 2 N–H and O–H groups in total. The highest BCUT2D eigenvalue weighted by atomic mass is 32.2. The standard InChI is InChI=1S/C20H23NO4S/c1-13-9-14(2)11-17(10-13)25-8-7-24-16-5-3-15(4-6-16)19-21-18(12-26-19)20(22)23/h3-6,9-11,18-19,21H,7-8,12H2,1-2H3,(H,22,23). The molecule has 0 aromatic heterocycles. The lowest BCUT2D eigenvalue weighted by Crippen LogP contribution is -2.33. The lowest BCUT2D eigenvalue weighted by atomic mass is 10.1. The second-order valence-electron chi connectivity index (χ2n) is 6.36. The van der Waals surface area contributed by atoms with Gasteiger partial charge in [0.15, 0.2) is 0 Å². The molecule has 0 saturated carbocycles. The second kappa shape index (κ2) is 8.47. The van der Waals surface area contributed by atoms with E-state index in [1.807, 2.05) is 50.2 Å². The molecule has 0 spiro atoms. The number of carboxylic acid groups (broad SMARTS) is 1. The summed E-state index contributed by atoms with van der Waals surface area (Å²) < 4.78 is 11.5. The Kier molecular flexibility index (Phi) is 6.06. The third kappa shape index (κ3) is 4.93. The van der Waals surface area contributed by atoms with Crippen LogP contribution in [0.15, 0.2) is 42.5 Å². The lowest BCUT2D eigenvalue weighted by Gasteiger charge is -2.13. The summed E-state index contributed by atoms with van der Waals surface area (Å²) in [5.41, 5.74) is 3.41. The summed E-state index contributed by atoms with van der Waals surface area (Å²) in [7, 11) is 0. The number of rotatable bonds is 7. The van der Waals surface area contributed by atoms with E-state index >= 15 is 0 Å². The first-order valence-corrected chi connectivity index (χ1v) is 9.60. The van der Waals surface area contributed by atoms with E-state index in [0.29, 0.717) is 19.0 Å². The van der Waals surface area contributed by atoms with E-state index in [1.165, 1.54) is 11.1 Å². The van der Waals surface area contributed by atoms with Crippen molar-refractivity contribution in [1.29, 1.82) is 0 Å². The molecule has 6 heteroatoms. The van der Waals surface area contributed by atoms with Crippen molar-refractivity contribution >= 4 is 17.7 Å². The molecule has 1 heterocycles. The first kappa shape index (κ1) is 18.6. The summed E-state index contributed by atoms with van der Waals surface area (Å²) in [6.07, 6.45) is 0. The highest BCUT2D eigenvalue weighted by Gasteiger charge is 2.30. The Labute approximate surface area is 157 Å². The van der Waals surface area contributed by atoms with Gasteiger partial charge in [0.25, 0.3) is 0 Å². The summed E-state index contributed by atoms with van der Waals surface area (Å²) in [5.74, 6) is 1.41. The van der Waals surface area contributed by atoms with Crippen LogP contribution in [0, 0.1) is 13.8 Å². The fourth-order valence-electron chi connectivity index (χ4n) is 2.88. The van der Waals surface area contributed by atoms with Crippen molar-refractivity contribution in [1.82, 2.24) is 5.32 Å². The molecule has 138 valence electrons.